The van der Waals surface area contributed by atoms with Gasteiger partial charge in [-0.15, -0.1) is 11.8 Å². The van der Waals surface area contributed by atoms with Crippen molar-refractivity contribution in [3.05, 3.63) is 23.8 Å². The molecule has 3 rings (SSSR count). The summed E-state index contributed by atoms with van der Waals surface area (Å²) in [4.78, 5) is 27.2. The van der Waals surface area contributed by atoms with Gasteiger partial charge in [0.1, 0.15) is 0 Å². The lowest BCUT2D eigenvalue weighted by Crippen LogP contribution is -2.48. The molecule has 0 spiro atoms. The van der Waals surface area contributed by atoms with Crippen LogP contribution in [0.5, 0.6) is 0 Å². The number of hydrogen-bond acceptors (Lipinski definition) is 4. The van der Waals surface area contributed by atoms with E-state index in [0.29, 0.717) is 25.1 Å². The quantitative estimate of drug-likeness (QED) is 0.863. The third kappa shape index (κ3) is 3.28. The molecule has 0 saturated carbocycles. The molecule has 118 valence electrons. The molecule has 0 aliphatic carbocycles. The Labute approximate surface area is 134 Å². The average Bonchev–Trinajstić information content (AvgIpc) is 2.65. The van der Waals surface area contributed by atoms with Crippen molar-refractivity contribution in [1.82, 2.24) is 4.90 Å². The number of fused-ring (bicyclic) bond motifs is 1. The molecule has 1 fully saturated rings. The molecule has 0 radical (unpaired) electrons. The van der Waals surface area contributed by atoms with Gasteiger partial charge in [-0.2, -0.15) is 0 Å². The van der Waals surface area contributed by atoms with Gasteiger partial charge in [-0.3, -0.25) is 9.59 Å². The zero-order valence-electron chi connectivity index (χ0n) is 12.8. The third-order valence-electron chi connectivity index (χ3n) is 3.79. The molecule has 1 aromatic carbocycles. The summed E-state index contributed by atoms with van der Waals surface area (Å²) >= 11 is 1.64. The van der Waals surface area contributed by atoms with Gasteiger partial charge in [-0.1, -0.05) is 0 Å². The Bertz CT molecular complexity index is 595. The van der Waals surface area contributed by atoms with Crippen LogP contribution >= 0.6 is 11.8 Å². The Morgan fingerprint density at radius 1 is 1.32 bits per heavy atom. The first-order chi connectivity index (χ1) is 10.5. The van der Waals surface area contributed by atoms with E-state index in [-0.39, 0.29) is 24.0 Å². The van der Waals surface area contributed by atoms with Crippen LogP contribution in [0, 0.1) is 0 Å². The lowest BCUT2D eigenvalue weighted by Gasteiger charge is -2.35. The molecule has 2 aliphatic heterocycles. The SMILES string of the molecule is C[C@@H]1CN(C(=O)c2ccc3c(c2)NC(=O)CCS3)C[C@@H](C)O1. The van der Waals surface area contributed by atoms with Gasteiger partial charge in [0.25, 0.3) is 5.91 Å². The summed E-state index contributed by atoms with van der Waals surface area (Å²) < 4.78 is 5.67. The minimum Gasteiger partial charge on any atom is -0.372 e. The van der Waals surface area contributed by atoms with Crippen LogP contribution in [0.15, 0.2) is 23.1 Å². The molecule has 0 unspecified atom stereocenters. The van der Waals surface area contributed by atoms with Gasteiger partial charge in [0.15, 0.2) is 0 Å². The highest BCUT2D eigenvalue weighted by molar-refractivity contribution is 7.99. The maximum Gasteiger partial charge on any atom is 0.254 e. The number of rotatable bonds is 1. The predicted octanol–water partition coefficient (Wildman–Crippen LogP) is 2.37. The topological polar surface area (TPSA) is 58.6 Å². The van der Waals surface area contributed by atoms with Gasteiger partial charge >= 0.3 is 0 Å². The van der Waals surface area contributed by atoms with Crippen LogP contribution in [0.25, 0.3) is 0 Å². The highest BCUT2D eigenvalue weighted by Gasteiger charge is 2.27. The minimum absolute atomic E-state index is 0.00414. The first-order valence-corrected chi connectivity index (χ1v) is 8.53. The average molecular weight is 320 g/mol. The molecule has 2 atom stereocenters. The van der Waals surface area contributed by atoms with Crippen LogP contribution in [0.3, 0.4) is 0 Å². The molecule has 2 aliphatic rings. The zero-order valence-corrected chi connectivity index (χ0v) is 13.6. The second kappa shape index (κ2) is 6.30. The lowest BCUT2D eigenvalue weighted by molar-refractivity contribution is -0.115. The Morgan fingerprint density at radius 2 is 2.05 bits per heavy atom. The van der Waals surface area contributed by atoms with Crippen molar-refractivity contribution in [2.45, 2.75) is 37.4 Å². The predicted molar refractivity (Wildman–Crippen MR) is 86.3 cm³/mol. The van der Waals surface area contributed by atoms with E-state index in [9.17, 15) is 9.59 Å². The fourth-order valence-corrected chi connectivity index (χ4v) is 3.82. The summed E-state index contributed by atoms with van der Waals surface area (Å²) in [5.41, 5.74) is 1.36. The number of morpholine rings is 1. The van der Waals surface area contributed by atoms with Gasteiger partial charge < -0.3 is 15.0 Å². The van der Waals surface area contributed by atoms with Gasteiger partial charge in [-0.25, -0.2) is 0 Å². The van der Waals surface area contributed by atoms with Crippen molar-refractivity contribution in [3.63, 3.8) is 0 Å². The summed E-state index contributed by atoms with van der Waals surface area (Å²) in [5, 5.41) is 2.88. The van der Waals surface area contributed by atoms with Crippen LogP contribution in [0.2, 0.25) is 0 Å². The normalized spacial score (nSPS) is 25.2. The molecule has 2 heterocycles. The van der Waals surface area contributed by atoms with Gasteiger partial charge in [0, 0.05) is 35.7 Å². The number of amides is 2. The van der Waals surface area contributed by atoms with E-state index in [2.05, 4.69) is 5.32 Å². The van der Waals surface area contributed by atoms with E-state index < -0.39 is 0 Å². The Balaban J connectivity index is 1.82. The standard InChI is InChI=1S/C16H20N2O3S/c1-10-8-18(9-11(2)21-10)16(20)12-3-4-14-13(7-12)17-15(19)5-6-22-14/h3-4,7,10-11H,5-6,8-9H2,1-2H3,(H,17,19)/t10-,11-/m1/s1. The number of thioether (sulfide) groups is 1. The number of carbonyl (C=O) groups excluding carboxylic acids is 2. The molecule has 5 nitrogen and oxygen atoms in total. The first-order valence-electron chi connectivity index (χ1n) is 7.54. The monoisotopic (exact) mass is 320 g/mol. The van der Waals surface area contributed by atoms with Crippen molar-refractivity contribution in [2.24, 2.45) is 0 Å². The van der Waals surface area contributed by atoms with Crippen molar-refractivity contribution in [2.75, 3.05) is 24.2 Å². The molecule has 0 aromatic heterocycles. The summed E-state index contributed by atoms with van der Waals surface area (Å²) in [6.07, 6.45) is 0.591. The first kappa shape index (κ1) is 15.4. The number of nitrogens with zero attached hydrogens (tertiary/aromatic N) is 1. The highest BCUT2D eigenvalue weighted by atomic mass is 32.2. The fourth-order valence-electron chi connectivity index (χ4n) is 2.88. The third-order valence-corrected chi connectivity index (χ3v) is 4.87. The Morgan fingerprint density at radius 3 is 2.77 bits per heavy atom. The molecule has 1 saturated heterocycles. The van der Waals surface area contributed by atoms with E-state index >= 15 is 0 Å². The van der Waals surface area contributed by atoms with Gasteiger partial charge in [0.2, 0.25) is 5.91 Å². The van der Waals surface area contributed by atoms with Crippen molar-refractivity contribution in [3.8, 4) is 0 Å². The molecule has 0 bridgehead atoms. The highest BCUT2D eigenvalue weighted by Crippen LogP contribution is 2.32. The van der Waals surface area contributed by atoms with E-state index in [1.54, 1.807) is 17.8 Å². The summed E-state index contributed by atoms with van der Waals surface area (Å²) in [7, 11) is 0. The molecule has 6 heteroatoms. The van der Waals surface area contributed by atoms with Crippen molar-refractivity contribution in [1.29, 1.82) is 0 Å². The summed E-state index contributed by atoms with van der Waals surface area (Å²) in [5.74, 6) is 0.766. The Kier molecular flexibility index (Phi) is 4.40. The zero-order chi connectivity index (χ0) is 15.7. The van der Waals surface area contributed by atoms with Crippen LogP contribution in [0.4, 0.5) is 5.69 Å². The summed E-state index contributed by atoms with van der Waals surface area (Å²) in [6.45, 7) is 5.15. The van der Waals surface area contributed by atoms with Crippen molar-refractivity contribution < 1.29 is 14.3 Å². The van der Waals surface area contributed by atoms with Crippen LogP contribution in [-0.2, 0) is 9.53 Å². The number of hydrogen-bond donors (Lipinski definition) is 1. The largest absolute Gasteiger partial charge is 0.372 e. The van der Waals surface area contributed by atoms with E-state index in [1.165, 1.54) is 0 Å². The van der Waals surface area contributed by atoms with Crippen LogP contribution < -0.4 is 5.32 Å². The van der Waals surface area contributed by atoms with Crippen molar-refractivity contribution >= 4 is 29.3 Å². The van der Waals surface area contributed by atoms with Crippen LogP contribution in [0.1, 0.15) is 30.6 Å². The number of nitrogens with one attached hydrogen (secondary N) is 1. The second-order valence-corrected chi connectivity index (χ2v) is 6.96. The molecule has 22 heavy (non-hydrogen) atoms. The molecule has 1 N–H and O–H groups in total. The minimum atomic E-state index is -0.00621. The Hall–Kier alpha value is -1.53. The number of ether oxygens (including phenoxy) is 1. The van der Waals surface area contributed by atoms with E-state index in [1.807, 2.05) is 30.9 Å². The molecular formula is C16H20N2O3S. The number of benzene rings is 1. The number of anilines is 1. The maximum absolute atomic E-state index is 12.7. The molecule has 2 amide bonds. The lowest BCUT2D eigenvalue weighted by atomic mass is 10.1. The van der Waals surface area contributed by atoms with E-state index in [0.717, 1.165) is 16.3 Å². The van der Waals surface area contributed by atoms with E-state index in [4.69, 9.17) is 4.74 Å². The second-order valence-electron chi connectivity index (χ2n) is 5.83. The molecular weight excluding hydrogens is 300 g/mol. The number of carbonyl (C=O) groups is 2. The van der Waals surface area contributed by atoms with Gasteiger partial charge in [-0.05, 0) is 32.0 Å². The van der Waals surface area contributed by atoms with Crippen LogP contribution in [-0.4, -0.2) is 47.8 Å². The molecule has 1 aromatic rings. The summed E-state index contributed by atoms with van der Waals surface area (Å²) in [6, 6.07) is 5.56. The van der Waals surface area contributed by atoms with Gasteiger partial charge in [0.05, 0.1) is 17.9 Å². The smallest absolute Gasteiger partial charge is 0.254 e. The maximum atomic E-state index is 12.7. The fraction of sp³-hybridized carbons (Fsp3) is 0.500.